The maximum Gasteiger partial charge on any atom is 0.246 e. The molecule has 0 atom stereocenters. The number of hydrogen-bond donors (Lipinski definition) is 2. The molecule has 0 aliphatic carbocycles. The molecule has 0 fully saturated rings. The maximum absolute atomic E-state index is 12.5. The van der Waals surface area contributed by atoms with Gasteiger partial charge in [-0.3, -0.25) is 9.79 Å². The highest BCUT2D eigenvalue weighted by atomic mass is 127. The Bertz CT molecular complexity index is 759. The second kappa shape index (κ2) is 9.19. The summed E-state index contributed by atoms with van der Waals surface area (Å²) in [6.45, 7) is 3.78. The lowest BCUT2D eigenvalue weighted by Crippen LogP contribution is -2.44. The van der Waals surface area contributed by atoms with Crippen molar-refractivity contribution in [2.24, 2.45) is 4.99 Å². The van der Waals surface area contributed by atoms with Crippen molar-refractivity contribution in [1.82, 2.24) is 10.6 Å². The molecular weight excluding hydrogens is 447 g/mol. The van der Waals surface area contributed by atoms with Crippen molar-refractivity contribution in [3.8, 4) is 0 Å². The number of aliphatic imine (C=N–C) groups is 1. The number of hydrogen-bond acceptors (Lipinski definition) is 3. The van der Waals surface area contributed by atoms with Crippen LogP contribution in [0, 0.1) is 6.92 Å². The molecule has 0 unspecified atom stereocenters. The van der Waals surface area contributed by atoms with Crippen molar-refractivity contribution in [3.63, 3.8) is 0 Å². The average Bonchev–Trinajstić information content (AvgIpc) is 3.21. The Balaban J connectivity index is 0.00000225. The van der Waals surface area contributed by atoms with Crippen molar-refractivity contribution >= 4 is 52.9 Å². The summed E-state index contributed by atoms with van der Waals surface area (Å²) in [7, 11) is 1.71. The number of rotatable bonds is 4. The van der Waals surface area contributed by atoms with Gasteiger partial charge in [-0.2, -0.15) is 0 Å². The van der Waals surface area contributed by atoms with Crippen LogP contribution in [0.4, 0.5) is 5.69 Å². The summed E-state index contributed by atoms with van der Waals surface area (Å²) in [5, 5.41) is 6.35. The van der Waals surface area contributed by atoms with E-state index in [1.807, 2.05) is 23.1 Å². The van der Waals surface area contributed by atoms with E-state index in [0.717, 1.165) is 18.7 Å². The van der Waals surface area contributed by atoms with Crippen LogP contribution in [-0.4, -0.2) is 32.0 Å². The fraction of sp³-hybridized carbons (Fsp3) is 0.333. The molecule has 0 saturated carbocycles. The molecule has 0 saturated heterocycles. The van der Waals surface area contributed by atoms with E-state index in [-0.39, 0.29) is 36.4 Å². The first-order chi connectivity index (χ1) is 11.7. The number of carbonyl (C=O) groups excluding carboxylic acids is 1. The third kappa shape index (κ3) is 4.94. The number of nitrogens with zero attached hydrogens (tertiary/aromatic N) is 2. The van der Waals surface area contributed by atoms with Crippen LogP contribution < -0.4 is 15.5 Å². The number of aryl methyl sites for hydroxylation is 1. The van der Waals surface area contributed by atoms with Gasteiger partial charge in [0.05, 0.1) is 13.1 Å². The molecule has 0 radical (unpaired) electrons. The first-order valence-electron chi connectivity index (χ1n) is 8.05. The number of fused-ring (bicyclic) bond motifs is 1. The van der Waals surface area contributed by atoms with Crippen molar-refractivity contribution in [1.29, 1.82) is 0 Å². The molecule has 134 valence electrons. The molecule has 3 rings (SSSR count). The predicted octanol–water partition coefficient (Wildman–Crippen LogP) is 2.93. The van der Waals surface area contributed by atoms with E-state index in [1.165, 1.54) is 15.3 Å². The van der Waals surface area contributed by atoms with Gasteiger partial charge in [-0.15, -0.1) is 35.3 Å². The van der Waals surface area contributed by atoms with E-state index in [9.17, 15) is 4.79 Å². The number of para-hydroxylation sites is 1. The minimum Gasteiger partial charge on any atom is -0.352 e. The van der Waals surface area contributed by atoms with Gasteiger partial charge in [-0.25, -0.2) is 0 Å². The van der Waals surface area contributed by atoms with Gasteiger partial charge in [-0.05, 0) is 37.1 Å². The molecular formula is C18H23IN4OS. The maximum atomic E-state index is 12.5. The molecule has 1 aromatic carbocycles. The Morgan fingerprint density at radius 1 is 1.24 bits per heavy atom. The molecule has 1 amide bonds. The van der Waals surface area contributed by atoms with Crippen LogP contribution >= 0.6 is 35.3 Å². The molecule has 0 bridgehead atoms. The van der Waals surface area contributed by atoms with Crippen molar-refractivity contribution in [3.05, 3.63) is 51.7 Å². The Morgan fingerprint density at radius 2 is 2.04 bits per heavy atom. The molecule has 1 aromatic heterocycles. The van der Waals surface area contributed by atoms with Crippen LogP contribution in [-0.2, 0) is 17.8 Å². The van der Waals surface area contributed by atoms with Crippen molar-refractivity contribution in [2.45, 2.75) is 19.9 Å². The van der Waals surface area contributed by atoms with Crippen LogP contribution in [0.5, 0.6) is 0 Å². The third-order valence-corrected chi connectivity index (χ3v) is 5.05. The zero-order chi connectivity index (χ0) is 16.9. The normalized spacial score (nSPS) is 13.2. The predicted molar refractivity (Wildman–Crippen MR) is 115 cm³/mol. The van der Waals surface area contributed by atoms with Crippen molar-refractivity contribution < 1.29 is 4.79 Å². The average molecular weight is 470 g/mol. The summed E-state index contributed by atoms with van der Waals surface area (Å²) in [6.07, 6.45) is 0.923. The zero-order valence-corrected chi connectivity index (χ0v) is 17.6. The fourth-order valence-corrected chi connectivity index (χ4v) is 3.65. The van der Waals surface area contributed by atoms with Crippen LogP contribution in [0.15, 0.2) is 41.4 Å². The third-order valence-electron chi connectivity index (χ3n) is 4.04. The molecule has 2 heterocycles. The Morgan fingerprint density at radius 3 is 2.76 bits per heavy atom. The fourth-order valence-electron chi connectivity index (χ4n) is 2.82. The van der Waals surface area contributed by atoms with Gasteiger partial charge in [0.15, 0.2) is 5.96 Å². The van der Waals surface area contributed by atoms with Gasteiger partial charge in [0.25, 0.3) is 0 Å². The number of nitrogens with one attached hydrogen (secondary N) is 2. The monoisotopic (exact) mass is 470 g/mol. The topological polar surface area (TPSA) is 56.7 Å². The summed E-state index contributed by atoms with van der Waals surface area (Å²) < 4.78 is 0. The standard InChI is InChI=1S/C18H22N4OS.HI/c1-13-7-8-15(24-13)11-20-18(19-2)21-12-17(23)22-10-9-14-5-3-4-6-16(14)22;/h3-8H,9-12H2,1-2H3,(H2,19,20,21);1H. The quantitative estimate of drug-likeness (QED) is 0.411. The molecule has 7 heteroatoms. The van der Waals surface area contributed by atoms with E-state index < -0.39 is 0 Å². The highest BCUT2D eigenvalue weighted by molar-refractivity contribution is 14.0. The molecule has 1 aliphatic rings. The van der Waals surface area contributed by atoms with Crippen LogP contribution in [0.25, 0.3) is 0 Å². The van der Waals surface area contributed by atoms with E-state index in [4.69, 9.17) is 0 Å². The lowest BCUT2D eigenvalue weighted by molar-refractivity contribution is -0.117. The summed E-state index contributed by atoms with van der Waals surface area (Å²) in [6, 6.07) is 12.3. The minimum absolute atomic E-state index is 0. The first kappa shape index (κ1) is 19.7. The van der Waals surface area contributed by atoms with Crippen LogP contribution in [0.1, 0.15) is 15.3 Å². The van der Waals surface area contributed by atoms with Gasteiger partial charge < -0.3 is 15.5 Å². The zero-order valence-electron chi connectivity index (χ0n) is 14.4. The number of guanidine groups is 1. The van der Waals surface area contributed by atoms with Crippen LogP contribution in [0.2, 0.25) is 0 Å². The number of amides is 1. The Kier molecular flexibility index (Phi) is 7.24. The summed E-state index contributed by atoms with van der Waals surface area (Å²) in [4.78, 5) is 21.1. The molecule has 25 heavy (non-hydrogen) atoms. The molecule has 2 aromatic rings. The number of halogens is 1. The largest absolute Gasteiger partial charge is 0.352 e. The van der Waals surface area contributed by atoms with E-state index >= 15 is 0 Å². The Hall–Kier alpha value is -1.61. The lowest BCUT2D eigenvalue weighted by atomic mass is 10.2. The number of anilines is 1. The summed E-state index contributed by atoms with van der Waals surface area (Å²) >= 11 is 1.76. The smallest absolute Gasteiger partial charge is 0.246 e. The van der Waals surface area contributed by atoms with E-state index in [0.29, 0.717) is 12.5 Å². The van der Waals surface area contributed by atoms with Gasteiger partial charge in [0, 0.05) is 29.0 Å². The lowest BCUT2D eigenvalue weighted by Gasteiger charge is -2.18. The van der Waals surface area contributed by atoms with E-state index in [1.54, 1.807) is 18.4 Å². The molecule has 1 aliphatic heterocycles. The summed E-state index contributed by atoms with van der Waals surface area (Å²) in [5.74, 6) is 0.705. The molecule has 5 nitrogen and oxygen atoms in total. The first-order valence-corrected chi connectivity index (χ1v) is 8.87. The second-order valence-electron chi connectivity index (χ2n) is 5.72. The number of benzene rings is 1. The second-order valence-corrected chi connectivity index (χ2v) is 7.09. The SMILES string of the molecule is CN=C(NCC(=O)N1CCc2ccccc21)NCc1ccc(C)s1.I. The van der Waals surface area contributed by atoms with Crippen molar-refractivity contribution in [2.75, 3.05) is 25.0 Å². The minimum atomic E-state index is 0. The number of thiophene rings is 1. The molecule has 2 N–H and O–H groups in total. The number of carbonyl (C=O) groups is 1. The highest BCUT2D eigenvalue weighted by Crippen LogP contribution is 2.27. The van der Waals surface area contributed by atoms with Gasteiger partial charge in [0.2, 0.25) is 5.91 Å². The van der Waals surface area contributed by atoms with Gasteiger partial charge in [0.1, 0.15) is 0 Å². The van der Waals surface area contributed by atoms with E-state index in [2.05, 4.69) is 40.7 Å². The van der Waals surface area contributed by atoms with Gasteiger partial charge in [-0.1, -0.05) is 18.2 Å². The Labute approximate surface area is 169 Å². The highest BCUT2D eigenvalue weighted by Gasteiger charge is 2.23. The summed E-state index contributed by atoms with van der Waals surface area (Å²) in [5.41, 5.74) is 2.27. The van der Waals surface area contributed by atoms with Gasteiger partial charge >= 0.3 is 0 Å². The van der Waals surface area contributed by atoms with Crippen LogP contribution in [0.3, 0.4) is 0 Å². The molecule has 0 spiro atoms.